The van der Waals surface area contributed by atoms with Crippen LogP contribution in [0, 0.1) is 5.92 Å². The van der Waals surface area contributed by atoms with E-state index in [1.165, 1.54) is 24.2 Å². The average molecular weight is 418 g/mol. The smallest absolute Gasteiger partial charge is 0.253 e. The number of rotatable bonds is 5. The molecule has 0 bridgehead atoms. The summed E-state index contributed by atoms with van der Waals surface area (Å²) in [5, 5.41) is 9.17. The van der Waals surface area contributed by atoms with Crippen LogP contribution >= 0.6 is 0 Å². The molecular formula is C24H39N3O3. The van der Waals surface area contributed by atoms with E-state index in [-0.39, 0.29) is 18.4 Å². The Labute approximate surface area is 181 Å². The Morgan fingerprint density at radius 3 is 2.40 bits per heavy atom. The molecule has 6 heteroatoms. The Hall–Kier alpha value is -1.92. The van der Waals surface area contributed by atoms with Gasteiger partial charge >= 0.3 is 0 Å². The summed E-state index contributed by atoms with van der Waals surface area (Å²) in [6.45, 7) is 9.76. The molecule has 0 spiro atoms. The largest absolute Gasteiger partial charge is 0.395 e. The predicted molar refractivity (Wildman–Crippen MR) is 122 cm³/mol. The molecule has 1 heterocycles. The Morgan fingerprint density at radius 1 is 1.10 bits per heavy atom. The molecule has 1 aromatic rings. The first-order chi connectivity index (χ1) is 14.3. The second kappa shape index (κ2) is 12.1. The number of carbonyl (C=O) groups is 2. The summed E-state index contributed by atoms with van der Waals surface area (Å²) in [6.07, 6.45) is 5.72. The number of carbonyl (C=O) groups excluding carboxylic acids is 2. The molecule has 0 fully saturated rings. The number of hydrogen-bond donors (Lipinski definition) is 1. The van der Waals surface area contributed by atoms with E-state index in [0.29, 0.717) is 24.6 Å². The molecule has 0 radical (unpaired) electrons. The van der Waals surface area contributed by atoms with Crippen molar-refractivity contribution < 1.29 is 14.7 Å². The van der Waals surface area contributed by atoms with Gasteiger partial charge in [-0.1, -0.05) is 33.1 Å². The topological polar surface area (TPSA) is 64.1 Å². The zero-order valence-corrected chi connectivity index (χ0v) is 19.2. The minimum Gasteiger partial charge on any atom is -0.395 e. The van der Waals surface area contributed by atoms with E-state index in [2.05, 4.69) is 18.7 Å². The van der Waals surface area contributed by atoms with Gasteiger partial charge in [0.2, 0.25) is 5.91 Å². The predicted octanol–water partition coefficient (Wildman–Crippen LogP) is 3.53. The van der Waals surface area contributed by atoms with Crippen molar-refractivity contribution in [3.05, 3.63) is 29.3 Å². The van der Waals surface area contributed by atoms with Crippen LogP contribution in [-0.2, 0) is 11.3 Å². The van der Waals surface area contributed by atoms with Crippen LogP contribution in [0.2, 0.25) is 0 Å². The molecule has 1 aliphatic heterocycles. The maximum atomic E-state index is 12.8. The first-order valence-corrected chi connectivity index (χ1v) is 11.3. The summed E-state index contributed by atoms with van der Waals surface area (Å²) in [5.74, 6) is 0.480. The highest BCUT2D eigenvalue weighted by Gasteiger charge is 2.21. The van der Waals surface area contributed by atoms with E-state index in [1.54, 1.807) is 14.0 Å². The number of aliphatic hydroxyl groups excluding tert-OH is 1. The van der Waals surface area contributed by atoms with Gasteiger partial charge in [-0.05, 0) is 49.1 Å². The van der Waals surface area contributed by atoms with E-state index >= 15 is 0 Å². The van der Waals surface area contributed by atoms with Crippen molar-refractivity contribution in [2.45, 2.75) is 59.4 Å². The minimum atomic E-state index is -0.109. The monoisotopic (exact) mass is 417 g/mol. The third kappa shape index (κ3) is 7.10. The number of hydrogen-bond acceptors (Lipinski definition) is 4. The van der Waals surface area contributed by atoms with Crippen LogP contribution in [0.1, 0.15) is 68.8 Å². The summed E-state index contributed by atoms with van der Waals surface area (Å²) in [4.78, 5) is 31.1. The number of fused-ring (bicyclic) bond motifs is 1. The Bertz CT molecular complexity index is 705. The second-order valence-corrected chi connectivity index (χ2v) is 8.86. The molecule has 0 saturated heterocycles. The van der Waals surface area contributed by atoms with Crippen LogP contribution in [0.3, 0.4) is 0 Å². The third-order valence-electron chi connectivity index (χ3n) is 5.65. The van der Waals surface area contributed by atoms with E-state index < -0.39 is 0 Å². The average Bonchev–Trinajstić information content (AvgIpc) is 2.68. The maximum Gasteiger partial charge on any atom is 0.253 e. The zero-order valence-electron chi connectivity index (χ0n) is 19.2. The first kappa shape index (κ1) is 24.4. The van der Waals surface area contributed by atoms with Crippen molar-refractivity contribution in [3.63, 3.8) is 0 Å². The third-order valence-corrected chi connectivity index (χ3v) is 5.65. The molecule has 1 aromatic carbocycles. The number of amides is 2. The quantitative estimate of drug-likeness (QED) is 0.796. The lowest BCUT2D eigenvalue weighted by Gasteiger charge is -2.30. The molecule has 0 aromatic heterocycles. The Morgan fingerprint density at radius 2 is 1.77 bits per heavy atom. The number of aliphatic hydroxyl groups is 1. The fraction of sp³-hybridized carbons (Fsp3) is 0.667. The molecular weight excluding hydrogens is 378 g/mol. The molecule has 0 saturated carbocycles. The van der Waals surface area contributed by atoms with Gasteiger partial charge in [0.05, 0.1) is 6.61 Å². The van der Waals surface area contributed by atoms with E-state index in [9.17, 15) is 14.7 Å². The van der Waals surface area contributed by atoms with Crippen molar-refractivity contribution in [3.8, 4) is 0 Å². The van der Waals surface area contributed by atoms with Gasteiger partial charge in [0.15, 0.2) is 0 Å². The standard InChI is InChI=1S/C24H39N3O3/c1-19(2)17-26-12-8-6-5-7-9-13-27(20(3)29)23-11-10-21(16-22(23)18-26)24(30)25(4)14-15-28/h10-11,16,19,28H,5-9,12-15,17-18H2,1-4H3. The van der Waals surface area contributed by atoms with Crippen LogP contribution in [0.4, 0.5) is 5.69 Å². The van der Waals surface area contributed by atoms with Crippen molar-refractivity contribution in [2.24, 2.45) is 5.92 Å². The van der Waals surface area contributed by atoms with Crippen molar-refractivity contribution >= 4 is 17.5 Å². The van der Waals surface area contributed by atoms with E-state index in [1.807, 2.05) is 23.1 Å². The number of nitrogens with zero attached hydrogens (tertiary/aromatic N) is 3. The van der Waals surface area contributed by atoms with Crippen LogP contribution in [0.25, 0.3) is 0 Å². The lowest BCUT2D eigenvalue weighted by molar-refractivity contribution is -0.116. The van der Waals surface area contributed by atoms with Gasteiger partial charge in [0.25, 0.3) is 5.91 Å². The van der Waals surface area contributed by atoms with Gasteiger partial charge in [0, 0.05) is 51.4 Å². The molecule has 2 rings (SSSR count). The summed E-state index contributed by atoms with van der Waals surface area (Å²) in [7, 11) is 1.70. The van der Waals surface area contributed by atoms with Crippen molar-refractivity contribution in [1.29, 1.82) is 0 Å². The molecule has 30 heavy (non-hydrogen) atoms. The molecule has 1 N–H and O–H groups in total. The normalized spacial score (nSPS) is 16.5. The zero-order chi connectivity index (χ0) is 22.1. The van der Waals surface area contributed by atoms with Gasteiger partial charge in [-0.2, -0.15) is 0 Å². The van der Waals surface area contributed by atoms with E-state index in [4.69, 9.17) is 0 Å². The van der Waals surface area contributed by atoms with Gasteiger partial charge < -0.3 is 14.9 Å². The van der Waals surface area contributed by atoms with Gasteiger partial charge in [-0.25, -0.2) is 0 Å². The summed E-state index contributed by atoms with van der Waals surface area (Å²) < 4.78 is 0. The fourth-order valence-electron chi connectivity index (χ4n) is 4.16. The highest BCUT2D eigenvalue weighted by atomic mass is 16.3. The highest BCUT2D eigenvalue weighted by molar-refractivity contribution is 5.97. The SMILES string of the molecule is CC(=O)N1CCCCCCCN(CC(C)C)Cc2cc(C(=O)N(C)CCO)ccc21. The second-order valence-electron chi connectivity index (χ2n) is 8.86. The van der Waals surface area contributed by atoms with Crippen LogP contribution in [0.15, 0.2) is 18.2 Å². The van der Waals surface area contributed by atoms with Crippen molar-refractivity contribution in [2.75, 3.05) is 44.7 Å². The summed E-state index contributed by atoms with van der Waals surface area (Å²) in [5.41, 5.74) is 2.54. The molecule has 0 atom stereocenters. The van der Waals surface area contributed by atoms with Gasteiger partial charge in [-0.15, -0.1) is 0 Å². The lowest BCUT2D eigenvalue weighted by Crippen LogP contribution is -2.34. The van der Waals surface area contributed by atoms with E-state index in [0.717, 1.165) is 43.7 Å². The minimum absolute atomic E-state index is 0.0418. The molecule has 6 nitrogen and oxygen atoms in total. The number of likely N-dealkylation sites (N-methyl/N-ethyl adjacent to an activating group) is 1. The lowest BCUT2D eigenvalue weighted by atomic mass is 10.0. The van der Waals surface area contributed by atoms with Crippen LogP contribution < -0.4 is 4.90 Å². The van der Waals surface area contributed by atoms with Gasteiger partial charge in [0.1, 0.15) is 0 Å². The summed E-state index contributed by atoms with van der Waals surface area (Å²) >= 11 is 0. The maximum absolute atomic E-state index is 12.8. The molecule has 1 aliphatic rings. The Kier molecular flexibility index (Phi) is 9.79. The highest BCUT2D eigenvalue weighted by Crippen LogP contribution is 2.26. The van der Waals surface area contributed by atoms with Crippen LogP contribution in [0.5, 0.6) is 0 Å². The molecule has 0 unspecified atom stereocenters. The fourth-order valence-corrected chi connectivity index (χ4v) is 4.16. The Balaban J connectivity index is 2.44. The first-order valence-electron chi connectivity index (χ1n) is 11.3. The summed E-state index contributed by atoms with van der Waals surface area (Å²) in [6, 6.07) is 5.68. The number of benzene rings is 1. The molecule has 2 amide bonds. The number of anilines is 1. The van der Waals surface area contributed by atoms with Crippen molar-refractivity contribution in [1.82, 2.24) is 9.80 Å². The van der Waals surface area contributed by atoms with Gasteiger partial charge in [-0.3, -0.25) is 14.5 Å². The van der Waals surface area contributed by atoms with Crippen LogP contribution in [-0.4, -0.2) is 66.6 Å². The molecule has 0 aliphatic carbocycles. The molecule has 168 valence electrons.